The monoisotopic (exact) mass is 325 g/mol. The van der Waals surface area contributed by atoms with Crippen molar-refractivity contribution in [1.82, 2.24) is 15.9 Å². The molecule has 1 unspecified atom stereocenters. The third kappa shape index (κ3) is 3.65. The minimum absolute atomic E-state index is 0.142. The van der Waals surface area contributed by atoms with E-state index in [9.17, 15) is 13.2 Å². The number of ether oxygens (including phenoxy) is 1. The second-order valence-corrected chi connectivity index (χ2v) is 6.30. The number of nitrogens with one attached hydrogen (secondary N) is 2. The zero-order chi connectivity index (χ0) is 15.8. The maximum Gasteiger partial charge on any atom is 0.432 e. The molecule has 0 aliphatic carbocycles. The van der Waals surface area contributed by atoms with E-state index in [0.717, 1.165) is 5.01 Å². The van der Waals surface area contributed by atoms with Gasteiger partial charge in [-0.1, -0.05) is 0 Å². The molecular weight excluding hydrogens is 307 g/mol. The minimum atomic E-state index is -4.43. The molecule has 21 heavy (non-hydrogen) atoms. The van der Waals surface area contributed by atoms with Crippen LogP contribution in [0.25, 0.3) is 0 Å². The largest absolute Gasteiger partial charge is 0.432 e. The van der Waals surface area contributed by atoms with Crippen molar-refractivity contribution in [3.63, 3.8) is 0 Å². The van der Waals surface area contributed by atoms with E-state index in [4.69, 9.17) is 9.57 Å². The van der Waals surface area contributed by atoms with Crippen LogP contribution in [0.2, 0.25) is 0 Å². The molecule has 2 N–H and O–H groups in total. The van der Waals surface area contributed by atoms with Crippen molar-refractivity contribution >= 4 is 11.8 Å². The summed E-state index contributed by atoms with van der Waals surface area (Å²) in [6.07, 6.45) is -3.38. The quantitative estimate of drug-likeness (QED) is 0.825. The summed E-state index contributed by atoms with van der Waals surface area (Å²) in [7, 11) is 2.70. The number of rotatable bonds is 4. The van der Waals surface area contributed by atoms with Crippen LogP contribution in [0.4, 0.5) is 13.2 Å². The molecular formula is C12H18F3N3O2S. The minimum Gasteiger partial charge on any atom is -0.361 e. The van der Waals surface area contributed by atoms with Gasteiger partial charge in [0, 0.05) is 25.5 Å². The number of halogens is 3. The van der Waals surface area contributed by atoms with Gasteiger partial charge in [0.25, 0.3) is 0 Å². The van der Waals surface area contributed by atoms with E-state index < -0.39 is 23.7 Å². The number of alkyl halides is 3. The maximum absolute atomic E-state index is 13.1. The number of thioether (sulfide) groups is 1. The molecule has 0 saturated heterocycles. The summed E-state index contributed by atoms with van der Waals surface area (Å²) in [6, 6.07) is 0. The normalized spacial score (nSPS) is 25.4. The predicted molar refractivity (Wildman–Crippen MR) is 73.6 cm³/mol. The average Bonchev–Trinajstić information content (AvgIpc) is 2.85. The fraction of sp³-hybridized carbons (Fsp3) is 0.667. The van der Waals surface area contributed by atoms with Gasteiger partial charge < -0.3 is 9.75 Å². The van der Waals surface area contributed by atoms with Gasteiger partial charge in [-0.2, -0.15) is 13.2 Å². The predicted octanol–water partition coefficient (Wildman–Crippen LogP) is 2.11. The molecule has 2 rings (SSSR count). The molecule has 0 aromatic rings. The Balaban J connectivity index is 2.16. The van der Waals surface area contributed by atoms with Gasteiger partial charge >= 0.3 is 6.18 Å². The van der Waals surface area contributed by atoms with E-state index in [-0.39, 0.29) is 11.3 Å². The molecule has 0 aromatic carbocycles. The van der Waals surface area contributed by atoms with Crippen molar-refractivity contribution in [3.05, 3.63) is 22.4 Å². The lowest BCUT2D eigenvalue weighted by Gasteiger charge is -2.19. The number of hydrogen-bond donors (Lipinski definition) is 2. The Morgan fingerprint density at radius 3 is 2.62 bits per heavy atom. The second-order valence-electron chi connectivity index (χ2n) is 5.28. The zero-order valence-electron chi connectivity index (χ0n) is 12.2. The molecule has 0 bridgehead atoms. The van der Waals surface area contributed by atoms with Gasteiger partial charge in [-0.05, 0) is 19.9 Å². The summed E-state index contributed by atoms with van der Waals surface area (Å²) in [5.41, 5.74) is 4.33. The lowest BCUT2D eigenvalue weighted by atomic mass is 10.1. The van der Waals surface area contributed by atoms with Crippen LogP contribution in [0.5, 0.6) is 0 Å². The summed E-state index contributed by atoms with van der Waals surface area (Å²) in [4.78, 5) is 5.28. The molecule has 0 aromatic heterocycles. The number of hydrazine groups is 1. The molecule has 120 valence electrons. The lowest BCUT2D eigenvalue weighted by Crippen LogP contribution is -2.38. The fourth-order valence-electron chi connectivity index (χ4n) is 2.15. The van der Waals surface area contributed by atoms with E-state index in [1.54, 1.807) is 0 Å². The molecule has 9 heteroatoms. The van der Waals surface area contributed by atoms with Gasteiger partial charge in [0.15, 0.2) is 0 Å². The van der Waals surface area contributed by atoms with Gasteiger partial charge in [-0.15, -0.1) is 11.8 Å². The van der Waals surface area contributed by atoms with Gasteiger partial charge in [0.2, 0.25) is 0 Å². The number of hydroxylamine groups is 1. The van der Waals surface area contributed by atoms with Gasteiger partial charge in [-0.3, -0.25) is 10.3 Å². The first kappa shape index (κ1) is 16.5. The van der Waals surface area contributed by atoms with Crippen LogP contribution in [-0.4, -0.2) is 42.9 Å². The Bertz CT molecular complexity index is 477. The molecule has 1 atom stereocenters. The summed E-state index contributed by atoms with van der Waals surface area (Å²) in [6.45, 7) is 3.72. The van der Waals surface area contributed by atoms with Crippen LogP contribution in [0, 0.1) is 0 Å². The van der Waals surface area contributed by atoms with Crippen LogP contribution in [-0.2, 0) is 9.57 Å². The van der Waals surface area contributed by atoms with E-state index in [2.05, 4.69) is 10.9 Å². The van der Waals surface area contributed by atoms with Crippen molar-refractivity contribution in [2.75, 3.05) is 19.9 Å². The first-order chi connectivity index (χ1) is 9.64. The molecule has 0 fully saturated rings. The Hall–Kier alpha value is -0.900. The number of methoxy groups -OCH3 is 1. The average molecular weight is 325 g/mol. The SMILES string of the molecule is COC1NN(C)C(C(F)(F)F)=C1CSC1=CC(C)(C)ON1. The summed E-state index contributed by atoms with van der Waals surface area (Å²) < 4.78 is 44.5. The highest BCUT2D eigenvalue weighted by Gasteiger charge is 2.45. The smallest absolute Gasteiger partial charge is 0.361 e. The molecule has 2 aliphatic heterocycles. The molecule has 2 heterocycles. The van der Waals surface area contributed by atoms with Crippen molar-refractivity contribution in [1.29, 1.82) is 0 Å². The van der Waals surface area contributed by atoms with Crippen molar-refractivity contribution in [3.8, 4) is 0 Å². The summed E-state index contributed by atoms with van der Waals surface area (Å²) in [5.74, 6) is 0.142. The van der Waals surface area contributed by atoms with E-state index in [1.165, 1.54) is 25.9 Å². The Kier molecular flexibility index (Phi) is 4.48. The van der Waals surface area contributed by atoms with Crippen LogP contribution in [0.15, 0.2) is 22.4 Å². The van der Waals surface area contributed by atoms with Crippen LogP contribution >= 0.6 is 11.8 Å². The lowest BCUT2D eigenvalue weighted by molar-refractivity contribution is -0.111. The van der Waals surface area contributed by atoms with Crippen LogP contribution < -0.4 is 10.9 Å². The Labute approximate surface area is 125 Å². The highest BCUT2D eigenvalue weighted by molar-refractivity contribution is 8.03. The Morgan fingerprint density at radius 1 is 1.48 bits per heavy atom. The van der Waals surface area contributed by atoms with Crippen molar-refractivity contribution in [2.24, 2.45) is 0 Å². The maximum atomic E-state index is 13.1. The van der Waals surface area contributed by atoms with E-state index >= 15 is 0 Å². The molecule has 0 spiro atoms. The number of nitrogens with zero attached hydrogens (tertiary/aromatic N) is 1. The van der Waals surface area contributed by atoms with Gasteiger partial charge in [-0.25, -0.2) is 5.43 Å². The number of hydrogen-bond acceptors (Lipinski definition) is 6. The van der Waals surface area contributed by atoms with E-state index in [0.29, 0.717) is 5.03 Å². The third-order valence-electron chi connectivity index (χ3n) is 3.05. The van der Waals surface area contributed by atoms with Crippen LogP contribution in [0.3, 0.4) is 0 Å². The summed E-state index contributed by atoms with van der Waals surface area (Å²) in [5, 5.41) is 1.65. The van der Waals surface area contributed by atoms with Crippen LogP contribution in [0.1, 0.15) is 13.8 Å². The van der Waals surface area contributed by atoms with Gasteiger partial charge in [0.1, 0.15) is 17.5 Å². The molecule has 5 nitrogen and oxygen atoms in total. The fourth-order valence-corrected chi connectivity index (χ4v) is 3.22. The first-order valence-electron chi connectivity index (χ1n) is 6.26. The highest BCUT2D eigenvalue weighted by atomic mass is 32.2. The van der Waals surface area contributed by atoms with Crippen molar-refractivity contribution in [2.45, 2.75) is 31.9 Å². The third-order valence-corrected chi connectivity index (χ3v) is 4.02. The molecule has 2 aliphatic rings. The van der Waals surface area contributed by atoms with Crippen molar-refractivity contribution < 1.29 is 22.7 Å². The molecule has 0 amide bonds. The van der Waals surface area contributed by atoms with Gasteiger partial charge in [0.05, 0.1) is 5.03 Å². The summed E-state index contributed by atoms with van der Waals surface area (Å²) >= 11 is 1.25. The van der Waals surface area contributed by atoms with E-state index in [1.807, 2.05) is 19.9 Å². The molecule has 0 saturated carbocycles. The Morgan fingerprint density at radius 2 is 2.14 bits per heavy atom. The first-order valence-corrected chi connectivity index (χ1v) is 7.25. The topological polar surface area (TPSA) is 45.8 Å². The second kappa shape index (κ2) is 5.71. The number of allylic oxidation sites excluding steroid dienone is 1. The standard InChI is InChI=1S/C12H18F3N3O2S/c1-11(2)5-8(17-20-11)21-6-7-9(12(13,14)15)18(3)16-10(7)19-4/h5,10,16-17H,6H2,1-4H3. The molecule has 0 radical (unpaired) electrons. The zero-order valence-corrected chi connectivity index (χ0v) is 13.0. The highest BCUT2D eigenvalue weighted by Crippen LogP contribution is 2.37.